The molecule has 0 aliphatic heterocycles. The smallest absolute Gasteiger partial charge is 0.468 e. The average molecular weight is 556 g/mol. The highest BCUT2D eigenvalue weighted by molar-refractivity contribution is 5.81. The molecule has 0 aliphatic carbocycles. The molecule has 0 saturated heterocycles. The molecule has 0 atom stereocenters. The third-order valence-electron chi connectivity index (χ3n) is 5.38. The van der Waals surface area contributed by atoms with Gasteiger partial charge in [-0.15, -0.1) is 26.3 Å². The summed E-state index contributed by atoms with van der Waals surface area (Å²) in [5, 5.41) is 4.91. The number of halogens is 6. The lowest BCUT2D eigenvalue weighted by Gasteiger charge is -2.37. The van der Waals surface area contributed by atoms with Crippen molar-refractivity contribution in [3.05, 3.63) is 95.6 Å². The van der Waals surface area contributed by atoms with Crippen molar-refractivity contribution in [2.45, 2.75) is 24.7 Å². The summed E-state index contributed by atoms with van der Waals surface area (Å²) < 4.78 is 90.6. The molecule has 2 N–H and O–H groups in total. The SMILES string of the molecule is COC(=O)CNC(=O)NC(Cc1ccccc1)(c1cccc(OC(F)(F)F)c1)c1cccc(OC(F)(F)F)c1. The monoisotopic (exact) mass is 556 g/mol. The standard InChI is InChI=1S/C26H22F6N2O5/c1-37-22(35)16-33-23(36)34-24(15-17-7-3-2-4-8-17,18-9-5-11-20(13-18)38-25(27,28)29)19-10-6-12-21(14-19)39-26(30,31)32/h2-14H,15-16H2,1H3,(H2,33,34,36). The fraction of sp³-hybridized carbons (Fsp3) is 0.231. The van der Waals surface area contributed by atoms with Crippen molar-refractivity contribution in [1.29, 1.82) is 0 Å². The Hall–Kier alpha value is -4.42. The van der Waals surface area contributed by atoms with Gasteiger partial charge in [0.25, 0.3) is 0 Å². The van der Waals surface area contributed by atoms with Gasteiger partial charge in [0.2, 0.25) is 0 Å². The van der Waals surface area contributed by atoms with Crippen molar-refractivity contribution in [3.63, 3.8) is 0 Å². The quantitative estimate of drug-likeness (QED) is 0.271. The second-order valence-electron chi connectivity index (χ2n) is 8.10. The Bertz CT molecular complexity index is 1220. The zero-order valence-electron chi connectivity index (χ0n) is 20.2. The van der Waals surface area contributed by atoms with Crippen LogP contribution in [0.5, 0.6) is 11.5 Å². The Balaban J connectivity index is 2.21. The predicted molar refractivity (Wildman–Crippen MR) is 126 cm³/mol. The highest BCUT2D eigenvalue weighted by Crippen LogP contribution is 2.38. The van der Waals surface area contributed by atoms with Gasteiger partial charge in [-0.25, -0.2) is 4.79 Å². The minimum atomic E-state index is -5.04. The largest absolute Gasteiger partial charge is 0.573 e. The summed E-state index contributed by atoms with van der Waals surface area (Å²) in [6, 6.07) is 16.7. The molecular weight excluding hydrogens is 534 g/mol. The van der Waals surface area contributed by atoms with Crippen LogP contribution in [-0.4, -0.2) is 38.4 Å². The van der Waals surface area contributed by atoms with Crippen LogP contribution in [0.15, 0.2) is 78.9 Å². The van der Waals surface area contributed by atoms with Crippen LogP contribution in [0.4, 0.5) is 31.1 Å². The maximum absolute atomic E-state index is 13.0. The second kappa shape index (κ2) is 12.0. The van der Waals surface area contributed by atoms with E-state index >= 15 is 0 Å². The summed E-state index contributed by atoms with van der Waals surface area (Å²) in [7, 11) is 1.10. The van der Waals surface area contributed by atoms with Crippen LogP contribution in [0.25, 0.3) is 0 Å². The summed E-state index contributed by atoms with van der Waals surface area (Å²) in [5.74, 6) is -2.05. The number of urea groups is 1. The van der Waals surface area contributed by atoms with Gasteiger partial charge < -0.3 is 24.8 Å². The molecule has 13 heteroatoms. The molecule has 7 nitrogen and oxygen atoms in total. The van der Waals surface area contributed by atoms with E-state index < -0.39 is 48.3 Å². The third-order valence-corrected chi connectivity index (χ3v) is 5.38. The van der Waals surface area contributed by atoms with E-state index in [-0.39, 0.29) is 17.5 Å². The predicted octanol–water partition coefficient (Wildman–Crippen LogP) is 5.44. The second-order valence-corrected chi connectivity index (χ2v) is 8.10. The van der Waals surface area contributed by atoms with E-state index in [9.17, 15) is 35.9 Å². The average Bonchev–Trinajstić information content (AvgIpc) is 2.85. The fourth-order valence-corrected chi connectivity index (χ4v) is 3.84. The van der Waals surface area contributed by atoms with Crippen LogP contribution < -0.4 is 20.1 Å². The summed E-state index contributed by atoms with van der Waals surface area (Å²) in [6.45, 7) is -0.557. The zero-order chi connectivity index (χ0) is 28.7. The number of esters is 1. The summed E-state index contributed by atoms with van der Waals surface area (Å²) in [4.78, 5) is 24.5. The van der Waals surface area contributed by atoms with Gasteiger partial charge in [0.1, 0.15) is 18.0 Å². The van der Waals surface area contributed by atoms with Crippen molar-refractivity contribution in [2.24, 2.45) is 0 Å². The Morgan fingerprint density at radius 2 is 1.26 bits per heavy atom. The topological polar surface area (TPSA) is 85.9 Å². The number of hydrogen-bond donors (Lipinski definition) is 2. The first kappa shape index (κ1) is 29.1. The Morgan fingerprint density at radius 3 is 1.72 bits per heavy atom. The Morgan fingerprint density at radius 1 is 0.744 bits per heavy atom. The molecule has 0 saturated carbocycles. The van der Waals surface area contributed by atoms with Crippen LogP contribution in [-0.2, 0) is 21.5 Å². The van der Waals surface area contributed by atoms with Crippen molar-refractivity contribution in [3.8, 4) is 11.5 Å². The molecule has 3 aromatic rings. The molecule has 208 valence electrons. The first-order valence-corrected chi connectivity index (χ1v) is 11.2. The van der Waals surface area contributed by atoms with Gasteiger partial charge >= 0.3 is 24.7 Å². The molecule has 0 fully saturated rings. The number of benzene rings is 3. The van der Waals surface area contributed by atoms with Crippen molar-refractivity contribution >= 4 is 12.0 Å². The molecule has 0 bridgehead atoms. The number of rotatable bonds is 9. The van der Waals surface area contributed by atoms with Crippen LogP contribution in [0.2, 0.25) is 0 Å². The number of amides is 2. The number of carbonyl (C=O) groups is 2. The molecule has 0 spiro atoms. The molecule has 3 aromatic carbocycles. The molecule has 3 rings (SSSR count). The molecule has 0 heterocycles. The van der Waals surface area contributed by atoms with Gasteiger partial charge in [0.15, 0.2) is 0 Å². The maximum atomic E-state index is 13.0. The Kier molecular flexibility index (Phi) is 8.94. The first-order chi connectivity index (χ1) is 18.3. The maximum Gasteiger partial charge on any atom is 0.573 e. The fourth-order valence-electron chi connectivity index (χ4n) is 3.84. The highest BCUT2D eigenvalue weighted by atomic mass is 19.4. The van der Waals surface area contributed by atoms with Gasteiger partial charge in [0, 0.05) is 6.42 Å². The first-order valence-electron chi connectivity index (χ1n) is 11.2. The molecule has 2 amide bonds. The van der Waals surface area contributed by atoms with Crippen LogP contribution >= 0.6 is 0 Å². The van der Waals surface area contributed by atoms with E-state index in [1.54, 1.807) is 30.3 Å². The molecular formula is C26H22F6N2O5. The normalized spacial score (nSPS) is 11.9. The van der Waals surface area contributed by atoms with Crippen LogP contribution in [0.3, 0.4) is 0 Å². The van der Waals surface area contributed by atoms with E-state index in [1.165, 1.54) is 24.3 Å². The van der Waals surface area contributed by atoms with E-state index in [1.807, 2.05) is 0 Å². The number of alkyl halides is 6. The van der Waals surface area contributed by atoms with Crippen molar-refractivity contribution in [1.82, 2.24) is 10.6 Å². The highest BCUT2D eigenvalue weighted by Gasteiger charge is 2.39. The lowest BCUT2D eigenvalue weighted by atomic mass is 9.77. The lowest BCUT2D eigenvalue weighted by molar-refractivity contribution is -0.275. The van der Waals surface area contributed by atoms with Crippen LogP contribution in [0.1, 0.15) is 16.7 Å². The van der Waals surface area contributed by atoms with E-state index in [0.29, 0.717) is 5.56 Å². The molecule has 0 unspecified atom stereocenters. The summed E-state index contributed by atoms with van der Waals surface area (Å²) in [5.41, 5.74) is -1.15. The van der Waals surface area contributed by atoms with E-state index in [4.69, 9.17) is 0 Å². The summed E-state index contributed by atoms with van der Waals surface area (Å²) >= 11 is 0. The summed E-state index contributed by atoms with van der Waals surface area (Å²) in [6.07, 6.45) is -10.2. The van der Waals surface area contributed by atoms with Gasteiger partial charge in [0.05, 0.1) is 12.6 Å². The number of nitrogens with one attached hydrogen (secondary N) is 2. The van der Waals surface area contributed by atoms with Crippen LogP contribution in [0, 0.1) is 0 Å². The lowest BCUT2D eigenvalue weighted by Crippen LogP contribution is -2.53. The van der Waals surface area contributed by atoms with Gasteiger partial charge in [-0.3, -0.25) is 4.79 Å². The molecule has 0 radical (unpaired) electrons. The van der Waals surface area contributed by atoms with Gasteiger partial charge in [-0.1, -0.05) is 54.6 Å². The Labute approximate surface area is 218 Å². The van der Waals surface area contributed by atoms with Crippen molar-refractivity contribution in [2.75, 3.05) is 13.7 Å². The van der Waals surface area contributed by atoms with E-state index in [0.717, 1.165) is 31.4 Å². The van der Waals surface area contributed by atoms with Crippen molar-refractivity contribution < 1.29 is 50.1 Å². The molecule has 0 aliphatic rings. The minimum Gasteiger partial charge on any atom is -0.468 e. The van der Waals surface area contributed by atoms with Gasteiger partial charge in [-0.05, 0) is 41.0 Å². The number of ether oxygens (including phenoxy) is 3. The number of hydrogen-bond acceptors (Lipinski definition) is 5. The number of methoxy groups -OCH3 is 1. The van der Waals surface area contributed by atoms with Gasteiger partial charge in [-0.2, -0.15) is 0 Å². The number of carbonyl (C=O) groups excluding carboxylic acids is 2. The third kappa shape index (κ3) is 8.55. The minimum absolute atomic E-state index is 0.0329. The zero-order valence-corrected chi connectivity index (χ0v) is 20.2. The molecule has 0 aromatic heterocycles. The molecule has 39 heavy (non-hydrogen) atoms. The van der Waals surface area contributed by atoms with E-state index in [2.05, 4.69) is 24.8 Å².